The van der Waals surface area contributed by atoms with Gasteiger partial charge in [0.2, 0.25) is 5.69 Å². The van der Waals surface area contributed by atoms with E-state index in [1.54, 1.807) is 12.1 Å². The summed E-state index contributed by atoms with van der Waals surface area (Å²) >= 11 is 0. The molecule has 0 N–H and O–H groups in total. The fraction of sp³-hybridized carbons (Fsp3) is 0.424. The minimum absolute atomic E-state index is 0. The van der Waals surface area contributed by atoms with Gasteiger partial charge in [-0.25, -0.2) is 21.7 Å². The van der Waals surface area contributed by atoms with Crippen LogP contribution in [0, 0.1) is 17.9 Å². The van der Waals surface area contributed by atoms with Crippen LogP contribution in [0.3, 0.4) is 0 Å². The van der Waals surface area contributed by atoms with Crippen LogP contribution in [0.25, 0.3) is 4.85 Å². The first-order chi connectivity index (χ1) is 21.0. The van der Waals surface area contributed by atoms with Crippen molar-refractivity contribution in [3.05, 3.63) is 88.4 Å². The van der Waals surface area contributed by atoms with Crippen molar-refractivity contribution >= 4 is 43.0 Å². The van der Waals surface area contributed by atoms with Gasteiger partial charge in [0.05, 0.1) is 43.9 Å². The van der Waals surface area contributed by atoms with E-state index in [2.05, 4.69) is 48.1 Å². The maximum absolute atomic E-state index is 11.2. The van der Waals surface area contributed by atoms with Crippen molar-refractivity contribution in [2.24, 2.45) is 0 Å². The van der Waals surface area contributed by atoms with Crippen LogP contribution in [0.5, 0.6) is 0 Å². The van der Waals surface area contributed by atoms with Gasteiger partial charge in [-0.15, -0.1) is 0 Å². The van der Waals surface area contributed by atoms with E-state index in [0.717, 1.165) is 33.9 Å². The van der Waals surface area contributed by atoms with Gasteiger partial charge in [0.25, 0.3) is 0 Å². The van der Waals surface area contributed by atoms with Crippen LogP contribution in [0.15, 0.2) is 60.3 Å². The maximum atomic E-state index is 11.2. The zero-order valence-electron chi connectivity index (χ0n) is 26.9. The van der Waals surface area contributed by atoms with Crippen molar-refractivity contribution in [2.45, 2.75) is 64.2 Å². The van der Waals surface area contributed by atoms with Crippen LogP contribution in [0.1, 0.15) is 70.1 Å². The van der Waals surface area contributed by atoms with Crippen molar-refractivity contribution in [1.82, 2.24) is 0 Å². The Balaban J connectivity index is 0.00000576. The molecule has 4 rings (SSSR count). The summed E-state index contributed by atoms with van der Waals surface area (Å²) in [4.78, 5) is 5.71. The van der Waals surface area contributed by atoms with Gasteiger partial charge >= 0.3 is 29.6 Å². The molecule has 13 heteroatoms. The van der Waals surface area contributed by atoms with E-state index in [9.17, 15) is 31.2 Å². The summed E-state index contributed by atoms with van der Waals surface area (Å²) in [5.74, 6) is -0.853. The Bertz CT molecular complexity index is 1900. The number of rotatable bonds is 12. The first-order valence-electron chi connectivity index (χ1n) is 14.7. The topological polar surface area (TPSA) is 149 Å². The predicted octanol–water partition coefficient (Wildman–Crippen LogP) is 2.38. The Labute approximate surface area is 294 Å². The normalized spacial score (nSPS) is 17.5. The van der Waals surface area contributed by atoms with E-state index in [1.165, 1.54) is 0 Å². The number of unbranched alkanes of at least 4 members (excludes halogenated alkanes) is 2. The fourth-order valence-electron chi connectivity index (χ4n) is 6.29. The number of allylic oxidation sites excluding steroid dienone is 4. The number of nitriles is 1. The van der Waals surface area contributed by atoms with Gasteiger partial charge in [-0.1, -0.05) is 32.1 Å². The third-order valence-electron chi connectivity index (χ3n) is 8.59. The second-order valence-corrected chi connectivity index (χ2v) is 15.5. The number of fused-ring (bicyclic) bond motifs is 2. The summed E-state index contributed by atoms with van der Waals surface area (Å²) in [5.41, 5.74) is 5.81. The van der Waals surface area contributed by atoms with Gasteiger partial charge in [-0.3, -0.25) is 0 Å². The molecule has 0 radical (unpaired) electrons. The van der Waals surface area contributed by atoms with Gasteiger partial charge in [0, 0.05) is 59.0 Å². The second kappa shape index (κ2) is 14.5. The Morgan fingerprint density at radius 3 is 2.20 bits per heavy atom. The number of hydrogen-bond donors (Lipinski definition) is 0. The van der Waals surface area contributed by atoms with Crippen molar-refractivity contribution in [2.75, 3.05) is 29.5 Å². The summed E-state index contributed by atoms with van der Waals surface area (Å²) in [6, 6.07) is 13.3. The molecule has 2 aromatic carbocycles. The van der Waals surface area contributed by atoms with Gasteiger partial charge in [0.15, 0.2) is 11.4 Å². The van der Waals surface area contributed by atoms with Crippen molar-refractivity contribution < 1.29 is 60.1 Å². The summed E-state index contributed by atoms with van der Waals surface area (Å²) < 4.78 is 69.2. The summed E-state index contributed by atoms with van der Waals surface area (Å²) in [5, 5.41) is 9.54. The van der Waals surface area contributed by atoms with Gasteiger partial charge in [-0.05, 0) is 62.9 Å². The number of hydrogen-bond acceptors (Lipinski definition) is 8. The molecule has 2 aliphatic heterocycles. The van der Waals surface area contributed by atoms with Crippen LogP contribution < -0.4 is 34.5 Å². The molecule has 0 unspecified atom stereocenters. The average molecular weight is 673 g/mol. The molecule has 0 saturated heterocycles. The van der Waals surface area contributed by atoms with Crippen LogP contribution in [-0.4, -0.2) is 60.8 Å². The van der Waals surface area contributed by atoms with E-state index in [0.29, 0.717) is 37.2 Å². The molecule has 0 bridgehead atoms. The summed E-state index contributed by atoms with van der Waals surface area (Å²) in [6.45, 7) is 16.8. The Morgan fingerprint density at radius 2 is 1.59 bits per heavy atom. The summed E-state index contributed by atoms with van der Waals surface area (Å²) in [6.07, 6.45) is 7.41. The molecule has 2 aliphatic rings. The molecule has 10 nitrogen and oxygen atoms in total. The van der Waals surface area contributed by atoms with Crippen LogP contribution in [0.2, 0.25) is 0 Å². The molecule has 2 aromatic rings. The van der Waals surface area contributed by atoms with Crippen molar-refractivity contribution in [3.8, 4) is 6.07 Å². The number of nitrogens with zero attached hydrogens (tertiary/aromatic N) is 4. The first kappa shape index (κ1) is 37.6. The van der Waals surface area contributed by atoms with Crippen LogP contribution in [0.4, 0.5) is 17.1 Å². The first-order valence-corrected chi connectivity index (χ1v) is 17.9. The average Bonchev–Trinajstić information content (AvgIpc) is 3.30. The molecular weight excluding hydrogens is 636 g/mol. The molecule has 46 heavy (non-hydrogen) atoms. The molecule has 238 valence electrons. The van der Waals surface area contributed by atoms with E-state index >= 15 is 0 Å². The zero-order chi connectivity index (χ0) is 33.2. The smallest absolute Gasteiger partial charge is 0.748 e. The van der Waals surface area contributed by atoms with Crippen LogP contribution in [-0.2, 0) is 31.1 Å². The quantitative estimate of drug-likeness (QED) is 0.110. The van der Waals surface area contributed by atoms with E-state index < -0.39 is 42.6 Å². The summed E-state index contributed by atoms with van der Waals surface area (Å²) in [7, 11) is -8.62. The van der Waals surface area contributed by atoms with Crippen molar-refractivity contribution in [1.29, 1.82) is 5.26 Å². The minimum atomic E-state index is -4.31. The minimum Gasteiger partial charge on any atom is -0.748 e. The Kier molecular flexibility index (Phi) is 11.9. The third-order valence-corrected chi connectivity index (χ3v) is 10.2. The zero-order valence-corrected chi connectivity index (χ0v) is 30.5. The standard InChI is InChI=1S/C33H38N4O6S2.Na/c1-32(2)26-21-24(23-34)13-15-28(26)36(17-6-8-19-44(38,39)40)30(32)11-10-12-31-33(3,4)27-22-25(35-5)14-16-29(27)37(31)18-7-9-20-45(41,42)43;/h10-16,21-22H,6-9,17-20H2,1-4H3,(H-,38,39,40,41,42,43);/q;+1/p-1. The predicted molar refractivity (Wildman–Crippen MR) is 172 cm³/mol. The maximum Gasteiger partial charge on any atom is 1.00 e. The van der Waals surface area contributed by atoms with Gasteiger partial charge in [0.1, 0.15) is 6.54 Å². The largest absolute Gasteiger partial charge is 1.00 e. The molecule has 0 saturated carbocycles. The van der Waals surface area contributed by atoms with Crippen molar-refractivity contribution in [3.63, 3.8) is 0 Å². The van der Waals surface area contributed by atoms with E-state index in [1.807, 2.05) is 42.5 Å². The van der Waals surface area contributed by atoms with Gasteiger partial charge < -0.3 is 14.0 Å². The molecule has 0 fully saturated rings. The molecule has 0 amide bonds. The third kappa shape index (κ3) is 8.36. The molecule has 0 aromatic heterocycles. The molecule has 0 aliphatic carbocycles. The monoisotopic (exact) mass is 672 g/mol. The Morgan fingerprint density at radius 1 is 0.935 bits per heavy atom. The molecular formula is C33H37N4NaO6S2. The SMILES string of the molecule is [C-]#[N+]c1ccc2c(c1)C(C)(C)C(=CC=CC1=[N+](CCCCS(=O)(=O)[O-])c3ccc(C#N)cc3C1(C)C)N2CCCCS(=O)(=O)[O-].[Na+]. The van der Waals surface area contributed by atoms with Gasteiger partial charge in [-0.2, -0.15) is 9.84 Å². The molecule has 2 heterocycles. The number of anilines is 1. The number of benzene rings is 2. The Hall–Kier alpha value is -2.81. The van der Waals surface area contributed by atoms with E-state index in [-0.39, 0.29) is 42.4 Å². The van der Waals surface area contributed by atoms with Crippen LogP contribution >= 0.6 is 0 Å². The van der Waals surface area contributed by atoms with E-state index in [4.69, 9.17) is 6.57 Å². The molecule has 0 atom stereocenters. The molecule has 0 spiro atoms. The second-order valence-electron chi connectivity index (χ2n) is 12.4. The fourth-order valence-corrected chi connectivity index (χ4v) is 7.40.